The smallest absolute Gasteiger partial charge is 0.162 e. The largest absolute Gasteiger partial charge is 0.489 e. The first-order valence-electron chi connectivity index (χ1n) is 7.63. The molecular formula is C17H22N2O2. The molecule has 2 aliphatic rings. The van der Waals surface area contributed by atoms with E-state index in [0.717, 1.165) is 49.8 Å². The Bertz CT molecular complexity index is 541. The third kappa shape index (κ3) is 3.90. The highest BCUT2D eigenvalue weighted by Gasteiger charge is 2.14. The van der Waals surface area contributed by atoms with E-state index in [2.05, 4.69) is 29.0 Å². The van der Waals surface area contributed by atoms with Crippen molar-refractivity contribution in [3.63, 3.8) is 0 Å². The molecule has 0 aliphatic carbocycles. The Morgan fingerprint density at radius 3 is 2.76 bits per heavy atom. The van der Waals surface area contributed by atoms with E-state index in [-0.39, 0.29) is 0 Å². The van der Waals surface area contributed by atoms with Gasteiger partial charge in [0.1, 0.15) is 0 Å². The third-order valence-electron chi connectivity index (χ3n) is 3.74. The zero-order valence-corrected chi connectivity index (χ0v) is 12.5. The molecule has 1 fully saturated rings. The first kappa shape index (κ1) is 14.2. The van der Waals surface area contributed by atoms with E-state index in [1.165, 1.54) is 0 Å². The monoisotopic (exact) mass is 286 g/mol. The Labute approximate surface area is 126 Å². The van der Waals surface area contributed by atoms with Gasteiger partial charge in [-0.2, -0.15) is 0 Å². The quantitative estimate of drug-likeness (QED) is 0.790. The lowest BCUT2D eigenvalue weighted by molar-refractivity contribution is 0.228. The summed E-state index contributed by atoms with van der Waals surface area (Å²) < 4.78 is 11.5. The average Bonchev–Trinajstić information content (AvgIpc) is 2.70. The highest BCUT2D eigenvalue weighted by molar-refractivity contribution is 5.48. The predicted octanol–water partition coefficient (Wildman–Crippen LogP) is 1.35. The van der Waals surface area contributed by atoms with Crippen molar-refractivity contribution in [2.24, 2.45) is 5.92 Å². The number of benzene rings is 1. The maximum Gasteiger partial charge on any atom is 0.162 e. The van der Waals surface area contributed by atoms with Crippen molar-refractivity contribution in [1.82, 2.24) is 10.2 Å². The number of piperazine rings is 1. The second-order valence-electron chi connectivity index (χ2n) is 5.72. The molecule has 0 amide bonds. The first-order valence-corrected chi connectivity index (χ1v) is 7.63. The highest BCUT2D eigenvalue weighted by atomic mass is 16.5. The number of nitrogens with zero attached hydrogens (tertiary/aromatic N) is 1. The maximum absolute atomic E-state index is 5.79. The van der Waals surface area contributed by atoms with Gasteiger partial charge in [0.25, 0.3) is 0 Å². The van der Waals surface area contributed by atoms with E-state index in [4.69, 9.17) is 9.47 Å². The first-order chi connectivity index (χ1) is 10.3. The predicted molar refractivity (Wildman–Crippen MR) is 82.8 cm³/mol. The van der Waals surface area contributed by atoms with Gasteiger partial charge in [0.05, 0.1) is 19.8 Å². The van der Waals surface area contributed by atoms with Gasteiger partial charge < -0.3 is 14.8 Å². The highest BCUT2D eigenvalue weighted by Crippen LogP contribution is 2.31. The van der Waals surface area contributed by atoms with Crippen molar-refractivity contribution >= 4 is 0 Å². The van der Waals surface area contributed by atoms with Gasteiger partial charge in [0.15, 0.2) is 11.5 Å². The maximum atomic E-state index is 5.79. The summed E-state index contributed by atoms with van der Waals surface area (Å²) in [7, 11) is 0. The van der Waals surface area contributed by atoms with E-state index in [1.54, 1.807) is 0 Å². The molecule has 0 bridgehead atoms. The topological polar surface area (TPSA) is 33.7 Å². The molecule has 112 valence electrons. The van der Waals surface area contributed by atoms with Crippen LogP contribution in [0.3, 0.4) is 0 Å². The second-order valence-corrected chi connectivity index (χ2v) is 5.72. The van der Waals surface area contributed by atoms with Gasteiger partial charge in [-0.1, -0.05) is 18.8 Å². The van der Waals surface area contributed by atoms with Crippen molar-refractivity contribution < 1.29 is 9.47 Å². The minimum atomic E-state index is 0.416. The molecule has 4 heteroatoms. The van der Waals surface area contributed by atoms with Crippen LogP contribution in [0.1, 0.15) is 12.5 Å². The van der Waals surface area contributed by atoms with Crippen LogP contribution in [-0.4, -0.2) is 50.8 Å². The van der Waals surface area contributed by atoms with Crippen molar-refractivity contribution in [1.29, 1.82) is 0 Å². The van der Waals surface area contributed by atoms with Gasteiger partial charge in [-0.15, -0.1) is 0 Å². The minimum absolute atomic E-state index is 0.416. The molecule has 0 saturated carbocycles. The number of hydrogen-bond acceptors (Lipinski definition) is 4. The fourth-order valence-electron chi connectivity index (χ4n) is 2.45. The van der Waals surface area contributed by atoms with Gasteiger partial charge in [-0.25, -0.2) is 0 Å². The van der Waals surface area contributed by atoms with Crippen LogP contribution in [0.4, 0.5) is 0 Å². The summed E-state index contributed by atoms with van der Waals surface area (Å²) >= 11 is 0. The molecule has 1 saturated heterocycles. The summed E-state index contributed by atoms with van der Waals surface area (Å²) in [5.74, 6) is 8.54. The number of fused-ring (bicyclic) bond motifs is 1. The van der Waals surface area contributed by atoms with Gasteiger partial charge in [0.2, 0.25) is 0 Å². The van der Waals surface area contributed by atoms with Crippen LogP contribution < -0.4 is 14.8 Å². The van der Waals surface area contributed by atoms with E-state index < -0.39 is 0 Å². The Hall–Kier alpha value is -1.70. The van der Waals surface area contributed by atoms with Gasteiger partial charge >= 0.3 is 0 Å². The van der Waals surface area contributed by atoms with Crippen molar-refractivity contribution in [3.05, 3.63) is 23.8 Å². The zero-order chi connectivity index (χ0) is 14.5. The van der Waals surface area contributed by atoms with Crippen LogP contribution in [0, 0.1) is 17.8 Å². The number of nitrogens with one attached hydrogen (secondary N) is 1. The van der Waals surface area contributed by atoms with Gasteiger partial charge in [0, 0.05) is 37.7 Å². The lowest BCUT2D eigenvalue weighted by Crippen LogP contribution is -2.43. The zero-order valence-electron chi connectivity index (χ0n) is 12.5. The van der Waals surface area contributed by atoms with E-state index in [1.807, 2.05) is 18.2 Å². The van der Waals surface area contributed by atoms with Crippen LogP contribution in [0.25, 0.3) is 0 Å². The summed E-state index contributed by atoms with van der Waals surface area (Å²) in [5.41, 5.74) is 0.988. The molecular weight excluding hydrogens is 264 g/mol. The van der Waals surface area contributed by atoms with E-state index >= 15 is 0 Å². The summed E-state index contributed by atoms with van der Waals surface area (Å²) in [4.78, 5) is 2.37. The standard InChI is InChI=1S/C17H22N2O2/c1-14-12-20-16-5-4-15(11-17(16)21-13-14)3-2-8-19-9-6-18-7-10-19/h4-5,11,14,18H,6-10,12-13H2,1H3. The SMILES string of the molecule is CC1COc2ccc(C#CCN3CCNCC3)cc2OC1. The van der Waals surface area contributed by atoms with E-state index in [9.17, 15) is 0 Å². The molecule has 3 rings (SSSR count). The normalized spacial score (nSPS) is 22.0. The van der Waals surface area contributed by atoms with E-state index in [0.29, 0.717) is 19.1 Å². The van der Waals surface area contributed by atoms with Crippen LogP contribution in [-0.2, 0) is 0 Å². The minimum Gasteiger partial charge on any atom is -0.489 e. The van der Waals surface area contributed by atoms with Crippen LogP contribution in [0.15, 0.2) is 18.2 Å². The second kappa shape index (κ2) is 6.84. The molecule has 21 heavy (non-hydrogen) atoms. The molecule has 1 unspecified atom stereocenters. The van der Waals surface area contributed by atoms with Gasteiger partial charge in [-0.05, 0) is 18.2 Å². The van der Waals surface area contributed by atoms with Crippen LogP contribution in [0.2, 0.25) is 0 Å². The molecule has 0 spiro atoms. The van der Waals surface area contributed by atoms with Crippen molar-refractivity contribution in [3.8, 4) is 23.3 Å². The molecule has 0 aromatic heterocycles. The lowest BCUT2D eigenvalue weighted by Gasteiger charge is -2.24. The molecule has 1 atom stereocenters. The van der Waals surface area contributed by atoms with Crippen molar-refractivity contribution in [2.75, 3.05) is 45.9 Å². The summed E-state index contributed by atoms with van der Waals surface area (Å²) in [6.45, 7) is 8.63. The molecule has 1 N–H and O–H groups in total. The number of hydrogen-bond donors (Lipinski definition) is 1. The number of ether oxygens (including phenoxy) is 2. The molecule has 1 aromatic rings. The molecule has 0 radical (unpaired) electrons. The Morgan fingerprint density at radius 1 is 1.19 bits per heavy atom. The molecule has 1 aromatic carbocycles. The van der Waals surface area contributed by atoms with Gasteiger partial charge in [-0.3, -0.25) is 4.90 Å². The summed E-state index contributed by atoms with van der Waals surface area (Å²) in [5, 5.41) is 3.35. The lowest BCUT2D eigenvalue weighted by atomic mass is 10.2. The molecule has 2 heterocycles. The fraction of sp³-hybridized carbons (Fsp3) is 0.529. The summed E-state index contributed by atoms with van der Waals surface area (Å²) in [6, 6.07) is 5.95. The fourth-order valence-corrected chi connectivity index (χ4v) is 2.45. The van der Waals surface area contributed by atoms with Crippen LogP contribution >= 0.6 is 0 Å². The average molecular weight is 286 g/mol. The molecule has 4 nitrogen and oxygen atoms in total. The van der Waals surface area contributed by atoms with Crippen molar-refractivity contribution in [2.45, 2.75) is 6.92 Å². The Morgan fingerprint density at radius 2 is 1.95 bits per heavy atom. The summed E-state index contributed by atoms with van der Waals surface area (Å²) in [6.07, 6.45) is 0. The van der Waals surface area contributed by atoms with Crippen LogP contribution in [0.5, 0.6) is 11.5 Å². The Balaban J connectivity index is 1.64. The molecule has 2 aliphatic heterocycles. The third-order valence-corrected chi connectivity index (χ3v) is 3.74. The number of rotatable bonds is 1. The Kier molecular flexibility index (Phi) is 4.64.